The molecule has 0 aromatic heterocycles. The standard InChI is InChI=1S/C37H55NO5/c1-5-30-23-33-25-32-15-12-14-31(41-32)21-28(3)17-18-29(4)35(43-37(40)26-34(24-30)42-33)16-9-6-8-13-27(2)22-36(39)38-19-10-7-11-20-38/h5-6,8-9,13,16-18,28-29,31-35H,7,10-12,14-15,19-26H2,1-4H3/b8-6-,16-9+,18-17+,27-13+,30-5-. The maximum Gasteiger partial charge on any atom is 0.309 e. The van der Waals surface area contributed by atoms with Gasteiger partial charge in [0.15, 0.2) is 0 Å². The second-order valence-corrected chi connectivity index (χ2v) is 13.3. The van der Waals surface area contributed by atoms with Crippen molar-refractivity contribution in [1.29, 1.82) is 0 Å². The first-order valence-corrected chi connectivity index (χ1v) is 16.9. The highest BCUT2D eigenvalue weighted by Gasteiger charge is 2.32. The number of piperidine rings is 1. The van der Waals surface area contributed by atoms with Crippen molar-refractivity contribution in [3.8, 4) is 0 Å². The van der Waals surface area contributed by atoms with Crippen LogP contribution in [0.1, 0.15) is 105 Å². The zero-order valence-corrected chi connectivity index (χ0v) is 27.0. The molecule has 0 aromatic carbocycles. The van der Waals surface area contributed by atoms with E-state index in [0.29, 0.717) is 12.3 Å². The first-order valence-electron chi connectivity index (χ1n) is 16.9. The third kappa shape index (κ3) is 11.2. The van der Waals surface area contributed by atoms with Crippen LogP contribution in [0.4, 0.5) is 0 Å². The molecule has 4 aliphatic rings. The van der Waals surface area contributed by atoms with E-state index in [4.69, 9.17) is 14.2 Å². The molecule has 6 nitrogen and oxygen atoms in total. The molecule has 0 aliphatic carbocycles. The Morgan fingerprint density at radius 1 is 0.884 bits per heavy atom. The lowest BCUT2D eigenvalue weighted by molar-refractivity contribution is -0.154. The van der Waals surface area contributed by atoms with Crippen LogP contribution in [0.25, 0.3) is 0 Å². The molecule has 0 aromatic rings. The zero-order chi connectivity index (χ0) is 30.6. The van der Waals surface area contributed by atoms with Gasteiger partial charge in [0.2, 0.25) is 5.91 Å². The average Bonchev–Trinajstić information content (AvgIpc) is 2.99. The molecule has 238 valence electrons. The Morgan fingerprint density at radius 3 is 2.37 bits per heavy atom. The van der Waals surface area contributed by atoms with Gasteiger partial charge in [-0.15, -0.1) is 0 Å². The van der Waals surface area contributed by atoms with Crippen LogP contribution >= 0.6 is 0 Å². The number of ether oxygens (including phenoxy) is 3. The Labute approximate surface area is 260 Å². The van der Waals surface area contributed by atoms with Crippen molar-refractivity contribution >= 4 is 11.9 Å². The fraction of sp³-hybridized carbons (Fsp3) is 0.676. The number of cyclic esters (lactones) is 1. The minimum absolute atomic E-state index is 0.0227. The third-order valence-electron chi connectivity index (χ3n) is 9.34. The molecular weight excluding hydrogens is 538 g/mol. The van der Waals surface area contributed by atoms with E-state index in [1.807, 2.05) is 42.2 Å². The summed E-state index contributed by atoms with van der Waals surface area (Å²) in [5.41, 5.74) is 2.40. The first-order chi connectivity index (χ1) is 20.8. The quantitative estimate of drug-likeness (QED) is 0.185. The number of likely N-dealkylation sites (tertiary alicyclic amines) is 1. The normalized spacial score (nSPS) is 35.3. The molecule has 0 N–H and O–H groups in total. The molecule has 6 heteroatoms. The maximum absolute atomic E-state index is 13.2. The van der Waals surface area contributed by atoms with Gasteiger partial charge in [-0.2, -0.15) is 0 Å². The number of fused-ring (bicyclic) bond motifs is 4. The van der Waals surface area contributed by atoms with E-state index < -0.39 is 0 Å². The van der Waals surface area contributed by atoms with Gasteiger partial charge in [-0.05, 0) is 83.6 Å². The van der Waals surface area contributed by atoms with E-state index in [2.05, 4.69) is 39.0 Å². The van der Waals surface area contributed by atoms with Crippen LogP contribution in [0.2, 0.25) is 0 Å². The van der Waals surface area contributed by atoms with Gasteiger partial charge < -0.3 is 19.1 Å². The molecule has 7 unspecified atom stereocenters. The summed E-state index contributed by atoms with van der Waals surface area (Å²) in [7, 11) is 0. The van der Waals surface area contributed by atoms with E-state index >= 15 is 0 Å². The Kier molecular flexibility index (Phi) is 13.3. The number of rotatable bonds is 5. The molecule has 7 atom stereocenters. The molecule has 1 amide bonds. The van der Waals surface area contributed by atoms with Gasteiger partial charge in [0.25, 0.3) is 0 Å². The fourth-order valence-electron chi connectivity index (χ4n) is 6.84. The van der Waals surface area contributed by atoms with Crippen molar-refractivity contribution in [2.24, 2.45) is 11.8 Å². The minimum atomic E-state index is -0.379. The minimum Gasteiger partial charge on any atom is -0.457 e. The topological polar surface area (TPSA) is 65.1 Å². The van der Waals surface area contributed by atoms with E-state index in [9.17, 15) is 9.59 Å². The van der Waals surface area contributed by atoms with Crippen LogP contribution in [-0.2, 0) is 23.8 Å². The lowest BCUT2D eigenvalue weighted by Gasteiger charge is -2.37. The number of hydrogen-bond acceptors (Lipinski definition) is 5. The SMILES string of the molecule is C/C=C1\CC2CC(=O)OC(/C=C/C=C\C=C(/C)CC(=O)N3CCCCC3)C(C)/C=C/C(C)CC3CCCC(CC(C1)O2)O3. The van der Waals surface area contributed by atoms with E-state index in [1.54, 1.807) is 0 Å². The van der Waals surface area contributed by atoms with Crippen molar-refractivity contribution in [3.63, 3.8) is 0 Å². The summed E-state index contributed by atoms with van der Waals surface area (Å²) in [6.45, 7) is 10.2. The highest BCUT2D eigenvalue weighted by molar-refractivity contribution is 5.78. The van der Waals surface area contributed by atoms with Gasteiger partial charge >= 0.3 is 5.97 Å². The molecule has 0 saturated carbocycles. The fourth-order valence-corrected chi connectivity index (χ4v) is 6.84. The second kappa shape index (κ2) is 17.2. The van der Waals surface area contributed by atoms with Gasteiger partial charge in [-0.3, -0.25) is 9.59 Å². The Morgan fingerprint density at radius 2 is 1.60 bits per heavy atom. The molecule has 4 heterocycles. The van der Waals surface area contributed by atoms with Gasteiger partial charge in [-0.1, -0.05) is 67.5 Å². The molecule has 3 saturated heterocycles. The van der Waals surface area contributed by atoms with Crippen LogP contribution in [-0.4, -0.2) is 60.4 Å². The number of hydrogen-bond donors (Lipinski definition) is 0. The van der Waals surface area contributed by atoms with Gasteiger partial charge in [-0.25, -0.2) is 0 Å². The number of carbonyl (C=O) groups is 2. The van der Waals surface area contributed by atoms with Crippen molar-refractivity contribution in [2.75, 3.05) is 13.1 Å². The summed E-state index contributed by atoms with van der Waals surface area (Å²) >= 11 is 0. The lowest BCUT2D eigenvalue weighted by Crippen LogP contribution is -2.37. The van der Waals surface area contributed by atoms with Crippen molar-refractivity contribution < 1.29 is 23.8 Å². The second-order valence-electron chi connectivity index (χ2n) is 13.3. The number of amides is 1. The van der Waals surface area contributed by atoms with Gasteiger partial charge in [0.1, 0.15) is 6.10 Å². The van der Waals surface area contributed by atoms with E-state index in [-0.39, 0.29) is 54.7 Å². The highest BCUT2D eigenvalue weighted by Crippen LogP contribution is 2.33. The zero-order valence-electron chi connectivity index (χ0n) is 27.0. The summed E-state index contributed by atoms with van der Waals surface area (Å²) < 4.78 is 19.1. The van der Waals surface area contributed by atoms with Crippen LogP contribution in [0.3, 0.4) is 0 Å². The lowest BCUT2D eigenvalue weighted by atomic mass is 9.90. The van der Waals surface area contributed by atoms with Crippen molar-refractivity contribution in [3.05, 3.63) is 59.8 Å². The molecule has 4 rings (SSSR count). The van der Waals surface area contributed by atoms with Gasteiger partial charge in [0, 0.05) is 31.8 Å². The maximum atomic E-state index is 13.2. The van der Waals surface area contributed by atoms with Crippen LogP contribution in [0.15, 0.2) is 59.8 Å². The van der Waals surface area contributed by atoms with E-state index in [1.165, 1.54) is 18.4 Å². The monoisotopic (exact) mass is 593 g/mol. The summed E-state index contributed by atoms with van der Waals surface area (Å²) in [5, 5.41) is 0. The average molecular weight is 594 g/mol. The Balaban J connectivity index is 1.42. The van der Waals surface area contributed by atoms with Gasteiger partial charge in [0.05, 0.1) is 30.8 Å². The first kappa shape index (κ1) is 33.5. The largest absolute Gasteiger partial charge is 0.457 e. The highest BCUT2D eigenvalue weighted by atomic mass is 16.5. The molecule has 43 heavy (non-hydrogen) atoms. The summed E-state index contributed by atoms with van der Waals surface area (Å²) in [4.78, 5) is 27.8. The Hall–Kier alpha value is -2.44. The number of nitrogens with zero attached hydrogens (tertiary/aromatic N) is 1. The molecule has 0 spiro atoms. The van der Waals surface area contributed by atoms with Crippen molar-refractivity contribution in [1.82, 2.24) is 4.90 Å². The summed E-state index contributed by atoms with van der Waals surface area (Å²) in [5.74, 6) is 0.399. The predicted octanol–water partition coefficient (Wildman–Crippen LogP) is 7.80. The van der Waals surface area contributed by atoms with Crippen LogP contribution in [0, 0.1) is 11.8 Å². The number of esters is 1. The molecule has 4 aliphatic heterocycles. The predicted molar refractivity (Wildman–Crippen MR) is 172 cm³/mol. The summed E-state index contributed by atoms with van der Waals surface area (Å²) in [6.07, 6.45) is 27.6. The molecular formula is C37H55NO5. The molecule has 0 radical (unpaired) electrons. The third-order valence-corrected chi connectivity index (χ3v) is 9.34. The van der Waals surface area contributed by atoms with Crippen LogP contribution < -0.4 is 0 Å². The van der Waals surface area contributed by atoms with Crippen molar-refractivity contribution in [2.45, 2.75) is 135 Å². The number of allylic oxidation sites excluding steroid dienone is 6. The van der Waals surface area contributed by atoms with Crippen LogP contribution in [0.5, 0.6) is 0 Å². The summed E-state index contributed by atoms with van der Waals surface area (Å²) in [6, 6.07) is 0. The smallest absolute Gasteiger partial charge is 0.309 e. The number of carbonyl (C=O) groups excluding carboxylic acids is 2. The Bertz CT molecular complexity index is 1060. The molecule has 4 bridgehead atoms. The molecule has 3 fully saturated rings. The van der Waals surface area contributed by atoms with E-state index in [0.717, 1.165) is 70.0 Å².